The first-order valence-electron chi connectivity index (χ1n) is 9.29. The highest BCUT2D eigenvalue weighted by Gasteiger charge is 2.19. The molecule has 0 saturated carbocycles. The molecule has 6 nitrogen and oxygen atoms in total. The molecule has 0 unspecified atom stereocenters. The van der Waals surface area contributed by atoms with E-state index >= 15 is 0 Å². The Hall–Kier alpha value is -2.70. The van der Waals surface area contributed by atoms with Gasteiger partial charge in [0, 0.05) is 26.1 Å². The number of ether oxygens (including phenoxy) is 2. The van der Waals surface area contributed by atoms with E-state index in [4.69, 9.17) is 9.47 Å². The predicted octanol–water partition coefficient (Wildman–Crippen LogP) is 2.98. The van der Waals surface area contributed by atoms with Crippen LogP contribution in [0.4, 0.5) is 0 Å². The van der Waals surface area contributed by atoms with Crippen molar-refractivity contribution in [2.75, 3.05) is 32.8 Å². The molecule has 0 bridgehead atoms. The van der Waals surface area contributed by atoms with Crippen molar-refractivity contribution in [3.63, 3.8) is 0 Å². The fourth-order valence-electron chi connectivity index (χ4n) is 3.31. The molecule has 2 heterocycles. The Bertz CT molecular complexity index is 901. The minimum absolute atomic E-state index is 0.0434. The molecule has 0 atom stereocenters. The second kappa shape index (κ2) is 8.33. The summed E-state index contributed by atoms with van der Waals surface area (Å²) >= 11 is 0. The summed E-state index contributed by atoms with van der Waals surface area (Å²) < 4.78 is 12.9. The van der Waals surface area contributed by atoms with Gasteiger partial charge < -0.3 is 9.47 Å². The van der Waals surface area contributed by atoms with Crippen LogP contribution in [0, 0.1) is 0 Å². The normalized spacial score (nSPS) is 15.1. The molecule has 1 fully saturated rings. The van der Waals surface area contributed by atoms with E-state index in [2.05, 4.69) is 9.88 Å². The number of benzene rings is 2. The number of nitrogens with zero attached hydrogens (tertiary/aromatic N) is 3. The molecule has 0 N–H and O–H groups in total. The fraction of sp³-hybridized carbons (Fsp3) is 0.333. The average Bonchev–Trinajstić information content (AvgIpc) is 3.10. The maximum Gasteiger partial charge on any atom is 0.233 e. The van der Waals surface area contributed by atoms with E-state index < -0.39 is 0 Å². The molecular weight excluding hydrogens is 342 g/mol. The highest BCUT2D eigenvalue weighted by molar-refractivity contribution is 5.91. The Labute approximate surface area is 158 Å². The minimum Gasteiger partial charge on any atom is -0.486 e. The van der Waals surface area contributed by atoms with E-state index in [1.54, 1.807) is 4.57 Å². The predicted molar refractivity (Wildman–Crippen MR) is 103 cm³/mol. The number of morpholine rings is 1. The summed E-state index contributed by atoms with van der Waals surface area (Å²) in [6.07, 6.45) is 0.443. The Morgan fingerprint density at radius 1 is 1.04 bits per heavy atom. The third kappa shape index (κ3) is 4.18. The van der Waals surface area contributed by atoms with Gasteiger partial charge in [0.2, 0.25) is 5.91 Å². The molecule has 4 rings (SSSR count). The van der Waals surface area contributed by atoms with E-state index in [0.29, 0.717) is 12.2 Å². The first-order chi connectivity index (χ1) is 13.3. The average molecular weight is 365 g/mol. The van der Waals surface area contributed by atoms with E-state index in [1.807, 2.05) is 54.6 Å². The lowest BCUT2D eigenvalue weighted by Gasteiger charge is -2.26. The summed E-state index contributed by atoms with van der Waals surface area (Å²) in [7, 11) is 0. The number of hydrogen-bond acceptors (Lipinski definition) is 5. The lowest BCUT2D eigenvalue weighted by Crippen LogP contribution is -2.38. The largest absolute Gasteiger partial charge is 0.486 e. The number of fused-ring (bicyclic) bond motifs is 1. The minimum atomic E-state index is 0.0434. The van der Waals surface area contributed by atoms with E-state index in [-0.39, 0.29) is 12.5 Å². The Balaban J connectivity index is 1.53. The third-order valence-corrected chi connectivity index (χ3v) is 4.74. The molecule has 1 aliphatic rings. The van der Waals surface area contributed by atoms with Crippen molar-refractivity contribution in [2.24, 2.45) is 0 Å². The maximum atomic E-state index is 13.0. The zero-order valence-corrected chi connectivity index (χ0v) is 15.2. The molecular formula is C21H23N3O3. The molecule has 140 valence electrons. The molecule has 6 heteroatoms. The molecule has 2 aromatic carbocycles. The molecule has 0 aliphatic carbocycles. The van der Waals surface area contributed by atoms with Gasteiger partial charge in [0.1, 0.15) is 12.4 Å². The number of hydrogen-bond donors (Lipinski definition) is 0. The van der Waals surface area contributed by atoms with Crippen LogP contribution >= 0.6 is 0 Å². The van der Waals surface area contributed by atoms with Gasteiger partial charge in [0.25, 0.3) is 0 Å². The van der Waals surface area contributed by atoms with Crippen LogP contribution < -0.4 is 4.74 Å². The summed E-state index contributed by atoms with van der Waals surface area (Å²) in [5.74, 6) is 1.44. The summed E-state index contributed by atoms with van der Waals surface area (Å²) in [6.45, 7) is 4.20. The Kier molecular flexibility index (Phi) is 5.46. The first-order valence-corrected chi connectivity index (χ1v) is 9.29. The van der Waals surface area contributed by atoms with Gasteiger partial charge in [-0.1, -0.05) is 30.3 Å². The van der Waals surface area contributed by atoms with Crippen LogP contribution in [0.25, 0.3) is 11.0 Å². The van der Waals surface area contributed by atoms with Crippen LogP contribution in [0.2, 0.25) is 0 Å². The maximum absolute atomic E-state index is 13.0. The van der Waals surface area contributed by atoms with Crippen molar-refractivity contribution in [1.29, 1.82) is 0 Å². The topological polar surface area (TPSA) is 56.6 Å². The zero-order chi connectivity index (χ0) is 18.5. The van der Waals surface area contributed by atoms with Crippen molar-refractivity contribution >= 4 is 16.9 Å². The molecule has 1 saturated heterocycles. The van der Waals surface area contributed by atoms with Gasteiger partial charge in [-0.05, 0) is 24.3 Å². The quantitative estimate of drug-likeness (QED) is 0.672. The Morgan fingerprint density at radius 3 is 2.59 bits per heavy atom. The van der Waals surface area contributed by atoms with Crippen molar-refractivity contribution in [3.8, 4) is 5.75 Å². The van der Waals surface area contributed by atoms with Crippen molar-refractivity contribution in [2.45, 2.75) is 13.0 Å². The van der Waals surface area contributed by atoms with Crippen LogP contribution in [0.5, 0.6) is 5.75 Å². The van der Waals surface area contributed by atoms with E-state index in [1.165, 1.54) is 0 Å². The molecule has 0 amide bonds. The van der Waals surface area contributed by atoms with Crippen LogP contribution in [0.3, 0.4) is 0 Å². The summed E-state index contributed by atoms with van der Waals surface area (Å²) in [6, 6.07) is 17.3. The molecule has 0 spiro atoms. The van der Waals surface area contributed by atoms with Crippen LogP contribution in [0.1, 0.15) is 17.0 Å². The lowest BCUT2D eigenvalue weighted by atomic mass is 10.3. The van der Waals surface area contributed by atoms with Crippen molar-refractivity contribution < 1.29 is 14.3 Å². The summed E-state index contributed by atoms with van der Waals surface area (Å²) in [5.41, 5.74) is 1.64. The highest BCUT2D eigenvalue weighted by atomic mass is 16.5. The Morgan fingerprint density at radius 2 is 1.78 bits per heavy atom. The molecule has 1 aliphatic heterocycles. The van der Waals surface area contributed by atoms with Crippen molar-refractivity contribution in [3.05, 3.63) is 60.4 Å². The summed E-state index contributed by atoms with van der Waals surface area (Å²) in [4.78, 5) is 19.9. The van der Waals surface area contributed by atoms with Crippen LogP contribution in [-0.2, 0) is 11.3 Å². The van der Waals surface area contributed by atoms with Crippen molar-refractivity contribution in [1.82, 2.24) is 14.5 Å². The smallest absolute Gasteiger partial charge is 0.233 e. The van der Waals surface area contributed by atoms with Crippen LogP contribution in [-0.4, -0.2) is 53.2 Å². The van der Waals surface area contributed by atoms with Gasteiger partial charge in [0.15, 0.2) is 5.82 Å². The monoisotopic (exact) mass is 365 g/mol. The first kappa shape index (κ1) is 17.7. The van der Waals surface area contributed by atoms with Gasteiger partial charge in [0.05, 0.1) is 24.2 Å². The van der Waals surface area contributed by atoms with E-state index in [9.17, 15) is 4.79 Å². The fourth-order valence-corrected chi connectivity index (χ4v) is 3.31. The second-order valence-corrected chi connectivity index (χ2v) is 6.55. The number of para-hydroxylation sites is 3. The number of carbonyl (C=O) groups excluding carboxylic acids is 1. The van der Waals surface area contributed by atoms with Crippen LogP contribution in [0.15, 0.2) is 54.6 Å². The molecule has 1 aromatic heterocycles. The standard InChI is InChI=1S/C21H23N3O3/c25-21(10-11-23-12-14-26-15-13-23)24-19-9-5-4-8-18(19)22-20(24)16-27-17-6-2-1-3-7-17/h1-9H,10-16H2. The molecule has 0 radical (unpaired) electrons. The highest BCUT2D eigenvalue weighted by Crippen LogP contribution is 2.19. The number of aromatic nitrogens is 2. The zero-order valence-electron chi connectivity index (χ0n) is 15.2. The second-order valence-electron chi connectivity index (χ2n) is 6.55. The van der Waals surface area contributed by atoms with Gasteiger partial charge >= 0.3 is 0 Å². The number of rotatable bonds is 6. The number of imidazole rings is 1. The lowest BCUT2D eigenvalue weighted by molar-refractivity contribution is 0.0363. The van der Waals surface area contributed by atoms with E-state index in [0.717, 1.165) is 49.6 Å². The molecule has 27 heavy (non-hydrogen) atoms. The SMILES string of the molecule is O=C(CCN1CCOCC1)n1c(COc2ccccc2)nc2ccccc21. The number of carbonyl (C=O) groups is 1. The van der Waals surface area contributed by atoms with Gasteiger partial charge in [-0.3, -0.25) is 14.3 Å². The van der Waals surface area contributed by atoms with Gasteiger partial charge in [-0.2, -0.15) is 0 Å². The van der Waals surface area contributed by atoms with Gasteiger partial charge in [-0.25, -0.2) is 4.98 Å². The van der Waals surface area contributed by atoms with Gasteiger partial charge in [-0.15, -0.1) is 0 Å². The summed E-state index contributed by atoms with van der Waals surface area (Å²) in [5, 5.41) is 0. The third-order valence-electron chi connectivity index (χ3n) is 4.74. The molecule has 3 aromatic rings.